The summed E-state index contributed by atoms with van der Waals surface area (Å²) in [6.45, 7) is 3.03. The molecule has 1 aromatic carbocycles. The molecule has 1 aromatic rings. The van der Waals surface area contributed by atoms with Crippen molar-refractivity contribution >= 4 is 12.4 Å². The van der Waals surface area contributed by atoms with Crippen LogP contribution in [0.25, 0.3) is 0 Å². The molecule has 2 rings (SSSR count). The van der Waals surface area contributed by atoms with E-state index >= 15 is 0 Å². The Labute approximate surface area is 115 Å². The van der Waals surface area contributed by atoms with Gasteiger partial charge in [0.2, 0.25) is 0 Å². The van der Waals surface area contributed by atoms with Crippen LogP contribution in [0.3, 0.4) is 0 Å². The van der Waals surface area contributed by atoms with Crippen molar-refractivity contribution in [1.29, 1.82) is 0 Å². The van der Waals surface area contributed by atoms with Crippen LogP contribution in [0.2, 0.25) is 0 Å². The molecule has 0 saturated carbocycles. The van der Waals surface area contributed by atoms with Crippen LogP contribution in [-0.2, 0) is 6.54 Å². The molecular formula is C13H21ClN2O2. The van der Waals surface area contributed by atoms with Crippen molar-refractivity contribution in [3.63, 3.8) is 0 Å². The maximum atomic E-state index is 5.38. The Balaban J connectivity index is 0.00000162. The van der Waals surface area contributed by atoms with Gasteiger partial charge < -0.3 is 14.8 Å². The molecule has 0 amide bonds. The molecule has 0 radical (unpaired) electrons. The van der Waals surface area contributed by atoms with Crippen molar-refractivity contribution in [2.24, 2.45) is 0 Å². The van der Waals surface area contributed by atoms with Crippen LogP contribution in [0.4, 0.5) is 0 Å². The summed E-state index contributed by atoms with van der Waals surface area (Å²) in [6.07, 6.45) is 0. The summed E-state index contributed by atoms with van der Waals surface area (Å²) in [5.41, 5.74) is 1.17. The Morgan fingerprint density at radius 1 is 1.28 bits per heavy atom. The summed E-state index contributed by atoms with van der Waals surface area (Å²) in [4.78, 5) is 2.34. The van der Waals surface area contributed by atoms with E-state index in [4.69, 9.17) is 9.47 Å². The number of hydrogen-bond acceptors (Lipinski definition) is 4. The summed E-state index contributed by atoms with van der Waals surface area (Å²) in [6, 6.07) is 6.56. The van der Waals surface area contributed by atoms with Crippen molar-refractivity contribution < 1.29 is 9.47 Å². The monoisotopic (exact) mass is 272 g/mol. The minimum Gasteiger partial charge on any atom is -0.497 e. The van der Waals surface area contributed by atoms with Crippen molar-refractivity contribution in [1.82, 2.24) is 10.2 Å². The molecule has 0 bridgehead atoms. The molecule has 18 heavy (non-hydrogen) atoms. The van der Waals surface area contributed by atoms with Crippen LogP contribution >= 0.6 is 12.4 Å². The van der Waals surface area contributed by atoms with Gasteiger partial charge in [-0.1, -0.05) is 0 Å². The number of methoxy groups -OCH3 is 2. The molecule has 0 aliphatic carbocycles. The third kappa shape index (κ3) is 3.28. The fourth-order valence-corrected chi connectivity index (χ4v) is 1.99. The molecule has 1 aliphatic heterocycles. The molecule has 1 saturated heterocycles. The smallest absolute Gasteiger partial charge is 0.123 e. The number of ether oxygens (including phenoxy) is 2. The first-order valence-corrected chi connectivity index (χ1v) is 5.86. The van der Waals surface area contributed by atoms with Crippen LogP contribution < -0.4 is 14.8 Å². The maximum absolute atomic E-state index is 5.38. The predicted octanol–water partition coefficient (Wildman–Crippen LogP) is 1.53. The average Bonchev–Trinajstić information content (AvgIpc) is 2.26. The zero-order valence-electron chi connectivity index (χ0n) is 11.1. The number of likely N-dealkylation sites (N-methyl/N-ethyl adjacent to an activating group) is 1. The van der Waals surface area contributed by atoms with E-state index in [0.29, 0.717) is 6.04 Å². The van der Waals surface area contributed by atoms with E-state index in [1.54, 1.807) is 14.2 Å². The van der Waals surface area contributed by atoms with E-state index in [2.05, 4.69) is 17.3 Å². The van der Waals surface area contributed by atoms with Crippen molar-refractivity contribution in [3.05, 3.63) is 23.8 Å². The van der Waals surface area contributed by atoms with E-state index < -0.39 is 0 Å². The summed E-state index contributed by atoms with van der Waals surface area (Å²) < 4.78 is 10.6. The lowest BCUT2D eigenvalue weighted by Crippen LogP contribution is -2.55. The minimum atomic E-state index is 0. The first-order chi connectivity index (χ1) is 8.24. The first-order valence-electron chi connectivity index (χ1n) is 5.86. The molecule has 5 heteroatoms. The Bertz CT molecular complexity index is 383. The normalized spacial score (nSPS) is 14.9. The van der Waals surface area contributed by atoms with Crippen LogP contribution in [0.1, 0.15) is 5.56 Å². The molecular weight excluding hydrogens is 252 g/mol. The fraction of sp³-hybridized carbons (Fsp3) is 0.538. The van der Waals surface area contributed by atoms with E-state index in [1.807, 2.05) is 18.2 Å². The van der Waals surface area contributed by atoms with Crippen LogP contribution in [0, 0.1) is 0 Å². The Kier molecular flexibility index (Phi) is 5.72. The number of rotatable bonds is 5. The summed E-state index contributed by atoms with van der Waals surface area (Å²) in [7, 11) is 5.53. The predicted molar refractivity (Wildman–Crippen MR) is 74.9 cm³/mol. The van der Waals surface area contributed by atoms with Gasteiger partial charge in [0, 0.05) is 31.2 Å². The van der Waals surface area contributed by atoms with Gasteiger partial charge in [-0.05, 0) is 25.2 Å². The van der Waals surface area contributed by atoms with Gasteiger partial charge in [-0.15, -0.1) is 12.4 Å². The lowest BCUT2D eigenvalue weighted by Gasteiger charge is -2.35. The van der Waals surface area contributed by atoms with Crippen molar-refractivity contribution in [2.75, 3.05) is 34.4 Å². The topological polar surface area (TPSA) is 33.7 Å². The molecule has 0 spiro atoms. The molecule has 1 heterocycles. The highest BCUT2D eigenvalue weighted by atomic mass is 35.5. The van der Waals surface area contributed by atoms with Crippen molar-refractivity contribution in [2.45, 2.75) is 12.6 Å². The first kappa shape index (κ1) is 15.1. The average molecular weight is 273 g/mol. The Morgan fingerprint density at radius 2 is 2.00 bits per heavy atom. The molecule has 102 valence electrons. The van der Waals surface area contributed by atoms with E-state index in [0.717, 1.165) is 31.1 Å². The molecule has 0 aromatic heterocycles. The SMILES string of the molecule is COc1ccc(OC)c(CN(C)C2CNC2)c1.Cl. The Morgan fingerprint density at radius 3 is 2.50 bits per heavy atom. The number of nitrogens with one attached hydrogen (secondary N) is 1. The Hall–Kier alpha value is -0.970. The third-order valence-electron chi connectivity index (χ3n) is 3.29. The highest BCUT2D eigenvalue weighted by molar-refractivity contribution is 5.85. The largest absolute Gasteiger partial charge is 0.497 e. The third-order valence-corrected chi connectivity index (χ3v) is 3.29. The van der Waals surface area contributed by atoms with Gasteiger partial charge >= 0.3 is 0 Å². The lowest BCUT2D eigenvalue weighted by molar-refractivity contribution is 0.171. The second-order valence-electron chi connectivity index (χ2n) is 4.40. The van der Waals surface area contributed by atoms with E-state index in [1.165, 1.54) is 5.56 Å². The molecule has 1 fully saturated rings. The zero-order valence-corrected chi connectivity index (χ0v) is 11.9. The van der Waals surface area contributed by atoms with Gasteiger partial charge in [-0.2, -0.15) is 0 Å². The molecule has 1 N–H and O–H groups in total. The summed E-state index contributed by atoms with van der Waals surface area (Å²) in [5, 5.41) is 3.28. The quantitative estimate of drug-likeness (QED) is 0.881. The molecule has 0 atom stereocenters. The lowest BCUT2D eigenvalue weighted by atomic mass is 10.1. The van der Waals surface area contributed by atoms with E-state index in [-0.39, 0.29) is 12.4 Å². The number of halogens is 1. The van der Waals surface area contributed by atoms with Gasteiger partial charge in [0.25, 0.3) is 0 Å². The second-order valence-corrected chi connectivity index (χ2v) is 4.40. The van der Waals surface area contributed by atoms with Gasteiger partial charge in [0.05, 0.1) is 14.2 Å². The highest BCUT2D eigenvalue weighted by Crippen LogP contribution is 2.25. The molecule has 1 aliphatic rings. The zero-order chi connectivity index (χ0) is 12.3. The van der Waals surface area contributed by atoms with Gasteiger partial charge in [0.1, 0.15) is 11.5 Å². The van der Waals surface area contributed by atoms with Gasteiger partial charge in [0.15, 0.2) is 0 Å². The standard InChI is InChI=1S/C13H20N2O2.ClH/c1-15(11-7-14-8-11)9-10-6-12(16-2)4-5-13(10)17-3;/h4-6,11,14H,7-9H2,1-3H3;1H. The van der Waals surface area contributed by atoms with Gasteiger partial charge in [-0.25, -0.2) is 0 Å². The number of nitrogens with zero attached hydrogens (tertiary/aromatic N) is 1. The van der Waals surface area contributed by atoms with Crippen LogP contribution in [0.15, 0.2) is 18.2 Å². The fourth-order valence-electron chi connectivity index (χ4n) is 1.99. The second kappa shape index (κ2) is 6.83. The van der Waals surface area contributed by atoms with E-state index in [9.17, 15) is 0 Å². The van der Waals surface area contributed by atoms with Gasteiger partial charge in [-0.3, -0.25) is 4.90 Å². The summed E-state index contributed by atoms with van der Waals surface area (Å²) in [5.74, 6) is 1.80. The minimum absolute atomic E-state index is 0. The van der Waals surface area contributed by atoms with Crippen LogP contribution in [-0.4, -0.2) is 45.3 Å². The molecule has 0 unspecified atom stereocenters. The maximum Gasteiger partial charge on any atom is 0.123 e. The van der Waals surface area contributed by atoms with Crippen molar-refractivity contribution in [3.8, 4) is 11.5 Å². The summed E-state index contributed by atoms with van der Waals surface area (Å²) >= 11 is 0. The molecule has 4 nitrogen and oxygen atoms in total. The number of benzene rings is 1. The number of hydrogen-bond donors (Lipinski definition) is 1. The highest BCUT2D eigenvalue weighted by Gasteiger charge is 2.22. The van der Waals surface area contributed by atoms with Crippen LogP contribution in [0.5, 0.6) is 11.5 Å².